The quantitative estimate of drug-likeness (QED) is 0.497. The van der Waals surface area contributed by atoms with Crippen LogP contribution in [0.15, 0.2) is 54.9 Å². The van der Waals surface area contributed by atoms with Crippen LogP contribution in [-0.4, -0.2) is 52.9 Å². The third-order valence-corrected chi connectivity index (χ3v) is 5.84. The van der Waals surface area contributed by atoms with Crippen LogP contribution >= 0.6 is 0 Å². The Bertz CT molecular complexity index is 1250. The number of nitrogens with one attached hydrogen (secondary N) is 2. The van der Waals surface area contributed by atoms with Crippen molar-refractivity contribution in [3.05, 3.63) is 60.4 Å². The Morgan fingerprint density at radius 1 is 0.938 bits per heavy atom. The fraction of sp³-hybridized carbons (Fsp3) is 0.250. The van der Waals surface area contributed by atoms with Gasteiger partial charge in [0.1, 0.15) is 17.8 Å². The summed E-state index contributed by atoms with van der Waals surface area (Å²) in [5, 5.41) is 4.30. The third-order valence-electron chi connectivity index (χ3n) is 5.84. The van der Waals surface area contributed by atoms with Crippen molar-refractivity contribution in [2.45, 2.75) is 6.54 Å². The molecule has 0 saturated carbocycles. The van der Waals surface area contributed by atoms with E-state index in [9.17, 15) is 0 Å². The van der Waals surface area contributed by atoms with E-state index in [1.807, 2.05) is 18.2 Å². The highest BCUT2D eigenvalue weighted by Crippen LogP contribution is 2.36. The lowest BCUT2D eigenvalue weighted by atomic mass is 10.1. The normalized spacial score (nSPS) is 15.9. The first-order valence-electron chi connectivity index (χ1n) is 10.7. The summed E-state index contributed by atoms with van der Waals surface area (Å²) < 4.78 is 16.3. The van der Waals surface area contributed by atoms with Crippen molar-refractivity contribution in [2.75, 3.05) is 38.4 Å². The van der Waals surface area contributed by atoms with E-state index in [0.29, 0.717) is 0 Å². The van der Waals surface area contributed by atoms with E-state index >= 15 is 0 Å². The number of morpholine rings is 1. The molecule has 2 aromatic heterocycles. The maximum atomic E-state index is 5.47. The molecule has 1 fully saturated rings. The predicted octanol–water partition coefficient (Wildman–Crippen LogP) is 3.93. The molecule has 8 nitrogen and oxygen atoms in total. The van der Waals surface area contributed by atoms with E-state index in [4.69, 9.17) is 14.2 Å². The van der Waals surface area contributed by atoms with Gasteiger partial charge < -0.3 is 24.5 Å². The van der Waals surface area contributed by atoms with Gasteiger partial charge in [-0.05, 0) is 29.3 Å². The van der Waals surface area contributed by atoms with Crippen molar-refractivity contribution >= 4 is 22.5 Å². The number of aromatic nitrogens is 3. The zero-order valence-corrected chi connectivity index (χ0v) is 17.5. The molecule has 6 rings (SSSR count). The lowest BCUT2D eigenvalue weighted by Crippen LogP contribution is -2.35. The Morgan fingerprint density at radius 3 is 2.66 bits per heavy atom. The van der Waals surface area contributed by atoms with Crippen LogP contribution in [0, 0.1) is 0 Å². The number of fused-ring (bicyclic) bond motifs is 2. The minimum absolute atomic E-state index is 0.253. The molecule has 0 spiro atoms. The highest BCUT2D eigenvalue weighted by atomic mass is 16.7. The van der Waals surface area contributed by atoms with Gasteiger partial charge in [-0.3, -0.25) is 4.90 Å². The van der Waals surface area contributed by atoms with Crippen LogP contribution in [0.2, 0.25) is 0 Å². The fourth-order valence-corrected chi connectivity index (χ4v) is 4.11. The lowest BCUT2D eigenvalue weighted by molar-refractivity contribution is 0.0342. The summed E-state index contributed by atoms with van der Waals surface area (Å²) in [5.41, 5.74) is 5.09. The number of benzene rings is 2. The minimum Gasteiger partial charge on any atom is -0.454 e. The number of hydrogen-bond donors (Lipinski definition) is 2. The van der Waals surface area contributed by atoms with Crippen molar-refractivity contribution in [1.29, 1.82) is 0 Å². The van der Waals surface area contributed by atoms with Crippen molar-refractivity contribution < 1.29 is 14.2 Å². The lowest BCUT2D eigenvalue weighted by Gasteiger charge is -2.26. The molecular weight excluding hydrogens is 406 g/mol. The first kappa shape index (κ1) is 19.1. The van der Waals surface area contributed by atoms with E-state index < -0.39 is 0 Å². The van der Waals surface area contributed by atoms with E-state index in [1.165, 1.54) is 5.56 Å². The van der Waals surface area contributed by atoms with Crippen LogP contribution in [0.25, 0.3) is 22.3 Å². The molecule has 2 aromatic carbocycles. The van der Waals surface area contributed by atoms with Gasteiger partial charge in [0.15, 0.2) is 11.5 Å². The Hall–Kier alpha value is -3.62. The van der Waals surface area contributed by atoms with Crippen molar-refractivity contribution in [2.24, 2.45) is 0 Å². The average Bonchev–Trinajstić information content (AvgIpc) is 3.47. The van der Waals surface area contributed by atoms with E-state index in [1.54, 1.807) is 6.33 Å². The average molecular weight is 429 g/mol. The number of aromatic amines is 1. The van der Waals surface area contributed by atoms with Gasteiger partial charge >= 0.3 is 0 Å². The summed E-state index contributed by atoms with van der Waals surface area (Å²) in [7, 11) is 0. The van der Waals surface area contributed by atoms with Crippen molar-refractivity contribution in [1.82, 2.24) is 19.9 Å². The zero-order chi connectivity index (χ0) is 21.3. The highest BCUT2D eigenvalue weighted by Gasteiger charge is 2.15. The Kier molecular flexibility index (Phi) is 4.86. The van der Waals surface area contributed by atoms with Crippen molar-refractivity contribution in [3.63, 3.8) is 0 Å². The van der Waals surface area contributed by atoms with Gasteiger partial charge in [0.05, 0.1) is 18.6 Å². The standard InChI is InChI=1S/C24H23N5O3/c1-3-17(4-2-16(1)13-29-7-9-30-10-8-29)20-12-19-23(25-14-26-24(19)28-20)27-18-5-6-21-22(11-18)32-15-31-21/h1-6,11-12,14H,7-10,13,15H2,(H2,25,26,27,28). The summed E-state index contributed by atoms with van der Waals surface area (Å²) in [5.74, 6) is 2.22. The molecule has 4 heterocycles. The summed E-state index contributed by atoms with van der Waals surface area (Å²) >= 11 is 0. The largest absolute Gasteiger partial charge is 0.454 e. The summed E-state index contributed by atoms with van der Waals surface area (Å²) in [6.07, 6.45) is 1.56. The monoisotopic (exact) mass is 429 g/mol. The second-order valence-corrected chi connectivity index (χ2v) is 7.95. The van der Waals surface area contributed by atoms with Crippen LogP contribution in [0.4, 0.5) is 11.5 Å². The van der Waals surface area contributed by atoms with Gasteiger partial charge in [0, 0.05) is 37.1 Å². The number of ether oxygens (including phenoxy) is 3. The van der Waals surface area contributed by atoms with Gasteiger partial charge in [-0.1, -0.05) is 24.3 Å². The van der Waals surface area contributed by atoms with Crippen LogP contribution in [-0.2, 0) is 11.3 Å². The molecule has 4 aromatic rings. The molecule has 162 valence electrons. The van der Waals surface area contributed by atoms with E-state index in [0.717, 1.165) is 78.1 Å². The molecule has 2 aliphatic heterocycles. The molecule has 32 heavy (non-hydrogen) atoms. The molecule has 0 amide bonds. The Labute approximate surface area is 185 Å². The van der Waals surface area contributed by atoms with Gasteiger partial charge in [0.25, 0.3) is 0 Å². The fourth-order valence-electron chi connectivity index (χ4n) is 4.11. The molecule has 0 atom stereocenters. The summed E-state index contributed by atoms with van der Waals surface area (Å²) in [6, 6.07) is 16.5. The molecule has 8 heteroatoms. The van der Waals surface area contributed by atoms with Crippen molar-refractivity contribution in [3.8, 4) is 22.8 Å². The topological polar surface area (TPSA) is 84.5 Å². The smallest absolute Gasteiger partial charge is 0.231 e. The predicted molar refractivity (Wildman–Crippen MR) is 121 cm³/mol. The van der Waals surface area contributed by atoms with Gasteiger partial charge in [-0.2, -0.15) is 0 Å². The van der Waals surface area contributed by atoms with Crippen LogP contribution in [0.5, 0.6) is 11.5 Å². The summed E-state index contributed by atoms with van der Waals surface area (Å²) in [6.45, 7) is 4.81. The molecule has 0 bridgehead atoms. The van der Waals surface area contributed by atoms with E-state index in [-0.39, 0.29) is 6.79 Å². The second-order valence-electron chi connectivity index (χ2n) is 7.95. The first-order chi connectivity index (χ1) is 15.8. The summed E-state index contributed by atoms with van der Waals surface area (Å²) in [4.78, 5) is 14.7. The SMILES string of the molecule is c1nc(Nc2ccc3c(c2)OCO3)c2cc(-c3ccc(CN4CCOCC4)cc3)[nH]c2n1. The zero-order valence-electron chi connectivity index (χ0n) is 17.5. The number of hydrogen-bond acceptors (Lipinski definition) is 7. The first-order valence-corrected chi connectivity index (χ1v) is 10.7. The third kappa shape index (κ3) is 3.74. The maximum Gasteiger partial charge on any atom is 0.231 e. The molecule has 0 aliphatic carbocycles. The molecule has 2 N–H and O–H groups in total. The molecule has 1 saturated heterocycles. The number of H-pyrrole nitrogens is 1. The minimum atomic E-state index is 0.253. The number of rotatable bonds is 5. The van der Waals surface area contributed by atoms with Crippen LogP contribution in [0.1, 0.15) is 5.56 Å². The van der Waals surface area contributed by atoms with Gasteiger partial charge in [-0.25, -0.2) is 9.97 Å². The maximum absolute atomic E-state index is 5.47. The highest BCUT2D eigenvalue weighted by molar-refractivity contribution is 5.93. The van der Waals surface area contributed by atoms with Gasteiger partial charge in [-0.15, -0.1) is 0 Å². The molecule has 0 unspecified atom stereocenters. The van der Waals surface area contributed by atoms with Crippen LogP contribution < -0.4 is 14.8 Å². The second kappa shape index (κ2) is 8.14. The Balaban J connectivity index is 1.24. The number of anilines is 2. The molecule has 2 aliphatic rings. The Morgan fingerprint density at radius 2 is 1.78 bits per heavy atom. The van der Waals surface area contributed by atoms with Gasteiger partial charge in [0.2, 0.25) is 6.79 Å². The number of nitrogens with zero attached hydrogens (tertiary/aromatic N) is 3. The van der Waals surface area contributed by atoms with E-state index in [2.05, 4.69) is 55.5 Å². The molecular formula is C24H23N5O3. The molecule has 0 radical (unpaired) electrons. The van der Waals surface area contributed by atoms with Crippen LogP contribution in [0.3, 0.4) is 0 Å².